The molecule has 0 bridgehead atoms. The number of nitrogens with zero attached hydrogens (tertiary/aromatic N) is 1. The summed E-state index contributed by atoms with van der Waals surface area (Å²) in [5, 5.41) is 12.6. The molecule has 1 fully saturated rings. The van der Waals surface area contributed by atoms with Gasteiger partial charge in [0.1, 0.15) is 5.75 Å². The average Bonchev–Trinajstić information content (AvgIpc) is 2.39. The molecule has 104 valence electrons. The fourth-order valence-electron chi connectivity index (χ4n) is 2.06. The Morgan fingerprint density at radius 3 is 2.84 bits per heavy atom. The van der Waals surface area contributed by atoms with Crippen LogP contribution in [0.2, 0.25) is 5.02 Å². The summed E-state index contributed by atoms with van der Waals surface area (Å²) in [7, 11) is 0. The van der Waals surface area contributed by atoms with Crippen LogP contribution >= 0.6 is 11.6 Å². The number of piperazine rings is 1. The highest BCUT2D eigenvalue weighted by molar-refractivity contribution is 6.30. The van der Waals surface area contributed by atoms with Gasteiger partial charge in [0.2, 0.25) is 0 Å². The lowest BCUT2D eigenvalue weighted by Gasteiger charge is -2.27. The minimum atomic E-state index is -0.983. The smallest absolute Gasteiger partial charge is 0.341 e. The van der Waals surface area contributed by atoms with Crippen LogP contribution in [-0.4, -0.2) is 48.8 Å². The molecule has 5 nitrogen and oxygen atoms in total. The fraction of sp³-hybridized carbons (Fsp3) is 0.462. The quantitative estimate of drug-likeness (QED) is 0.851. The van der Waals surface area contributed by atoms with Crippen LogP contribution in [0.3, 0.4) is 0 Å². The summed E-state index contributed by atoms with van der Waals surface area (Å²) in [5.74, 6) is -0.395. The highest BCUT2D eigenvalue weighted by atomic mass is 35.5. The van der Waals surface area contributed by atoms with Gasteiger partial charge in [-0.2, -0.15) is 0 Å². The van der Waals surface area contributed by atoms with E-state index in [0.29, 0.717) is 10.8 Å². The number of benzene rings is 1. The molecule has 0 aliphatic carbocycles. The summed E-state index contributed by atoms with van der Waals surface area (Å²) in [4.78, 5) is 12.9. The van der Waals surface area contributed by atoms with Crippen LogP contribution in [0.25, 0.3) is 0 Å². The van der Waals surface area contributed by atoms with Gasteiger partial charge in [0.05, 0.1) is 0 Å². The van der Waals surface area contributed by atoms with E-state index in [1.54, 1.807) is 12.1 Å². The maximum absolute atomic E-state index is 10.6. The molecule has 0 amide bonds. The van der Waals surface area contributed by atoms with E-state index in [1.807, 2.05) is 6.07 Å². The zero-order valence-corrected chi connectivity index (χ0v) is 11.3. The molecule has 0 unspecified atom stereocenters. The molecule has 0 radical (unpaired) electrons. The highest BCUT2D eigenvalue weighted by Gasteiger charge is 2.14. The monoisotopic (exact) mass is 284 g/mol. The van der Waals surface area contributed by atoms with Gasteiger partial charge < -0.3 is 15.2 Å². The number of nitrogens with one attached hydrogen (secondary N) is 1. The Morgan fingerprint density at radius 1 is 1.42 bits per heavy atom. The van der Waals surface area contributed by atoms with Gasteiger partial charge in [-0.1, -0.05) is 11.6 Å². The predicted octanol–water partition coefficient (Wildman–Crippen LogP) is 1.21. The van der Waals surface area contributed by atoms with Crippen LogP contribution in [0, 0.1) is 0 Å². The van der Waals surface area contributed by atoms with E-state index < -0.39 is 5.97 Å². The van der Waals surface area contributed by atoms with Gasteiger partial charge in [-0.3, -0.25) is 4.90 Å². The number of carboxylic acid groups (broad SMARTS) is 1. The number of rotatable bonds is 5. The van der Waals surface area contributed by atoms with E-state index in [-0.39, 0.29) is 6.61 Å². The first-order chi connectivity index (χ1) is 9.15. The SMILES string of the molecule is O=C(O)COc1ccc(Cl)cc1CN1CCNCC1. The summed E-state index contributed by atoms with van der Waals surface area (Å²) >= 11 is 5.99. The van der Waals surface area contributed by atoms with Gasteiger partial charge in [-0.25, -0.2) is 4.79 Å². The molecule has 1 aromatic carbocycles. The van der Waals surface area contributed by atoms with Crippen LogP contribution in [0.5, 0.6) is 5.75 Å². The Hall–Kier alpha value is -1.30. The molecule has 19 heavy (non-hydrogen) atoms. The molecular formula is C13H17ClN2O3. The molecule has 1 saturated heterocycles. The van der Waals surface area contributed by atoms with Gasteiger partial charge in [0, 0.05) is 43.3 Å². The van der Waals surface area contributed by atoms with Crippen molar-refractivity contribution in [2.75, 3.05) is 32.8 Å². The Morgan fingerprint density at radius 2 is 2.16 bits per heavy atom. The van der Waals surface area contributed by atoms with Crippen LogP contribution in [0.1, 0.15) is 5.56 Å². The minimum Gasteiger partial charge on any atom is -0.482 e. The lowest BCUT2D eigenvalue weighted by molar-refractivity contribution is -0.139. The predicted molar refractivity (Wildman–Crippen MR) is 72.7 cm³/mol. The zero-order valence-electron chi connectivity index (χ0n) is 10.6. The van der Waals surface area contributed by atoms with E-state index in [0.717, 1.165) is 38.3 Å². The summed E-state index contributed by atoms with van der Waals surface area (Å²) in [5.41, 5.74) is 0.927. The summed E-state index contributed by atoms with van der Waals surface area (Å²) in [6.45, 7) is 4.24. The van der Waals surface area contributed by atoms with E-state index in [2.05, 4.69) is 10.2 Å². The Kier molecular flexibility index (Phi) is 5.01. The molecule has 0 saturated carbocycles. The number of hydrogen-bond acceptors (Lipinski definition) is 4. The number of ether oxygens (including phenoxy) is 1. The first-order valence-corrected chi connectivity index (χ1v) is 6.59. The zero-order chi connectivity index (χ0) is 13.7. The second-order valence-electron chi connectivity index (χ2n) is 4.46. The number of aliphatic carboxylic acids is 1. The molecule has 1 aromatic rings. The van der Waals surface area contributed by atoms with Crippen LogP contribution in [-0.2, 0) is 11.3 Å². The highest BCUT2D eigenvalue weighted by Crippen LogP contribution is 2.24. The molecule has 2 rings (SSSR count). The van der Waals surface area contributed by atoms with E-state index >= 15 is 0 Å². The van der Waals surface area contributed by atoms with Gasteiger partial charge in [-0.05, 0) is 18.2 Å². The second-order valence-corrected chi connectivity index (χ2v) is 4.90. The first-order valence-electron chi connectivity index (χ1n) is 6.21. The fourth-order valence-corrected chi connectivity index (χ4v) is 2.26. The van der Waals surface area contributed by atoms with Gasteiger partial charge in [0.15, 0.2) is 6.61 Å². The lowest BCUT2D eigenvalue weighted by Crippen LogP contribution is -2.42. The van der Waals surface area contributed by atoms with Crippen molar-refractivity contribution in [1.29, 1.82) is 0 Å². The van der Waals surface area contributed by atoms with E-state index in [9.17, 15) is 4.79 Å². The molecule has 0 atom stereocenters. The maximum Gasteiger partial charge on any atom is 0.341 e. The molecule has 0 spiro atoms. The van der Waals surface area contributed by atoms with Crippen molar-refractivity contribution in [3.63, 3.8) is 0 Å². The normalized spacial score (nSPS) is 16.3. The number of halogens is 1. The minimum absolute atomic E-state index is 0.337. The standard InChI is InChI=1S/C13H17ClN2O3/c14-11-1-2-12(19-9-13(17)18)10(7-11)8-16-5-3-15-4-6-16/h1-2,7,15H,3-6,8-9H2,(H,17,18). The molecule has 0 aromatic heterocycles. The number of carbonyl (C=O) groups is 1. The van der Waals surface area contributed by atoms with Gasteiger partial charge in [-0.15, -0.1) is 0 Å². The first kappa shape index (κ1) is 14.1. The van der Waals surface area contributed by atoms with E-state index in [1.165, 1.54) is 0 Å². The number of hydrogen-bond donors (Lipinski definition) is 2. The average molecular weight is 285 g/mol. The van der Waals surface area contributed by atoms with Crippen molar-refractivity contribution < 1.29 is 14.6 Å². The summed E-state index contributed by atoms with van der Waals surface area (Å²) < 4.78 is 5.29. The summed E-state index contributed by atoms with van der Waals surface area (Å²) in [6.07, 6.45) is 0. The lowest BCUT2D eigenvalue weighted by atomic mass is 10.1. The molecule has 1 heterocycles. The van der Waals surface area contributed by atoms with Crippen LogP contribution in [0.4, 0.5) is 0 Å². The molecule has 1 aliphatic heterocycles. The largest absolute Gasteiger partial charge is 0.482 e. The van der Waals surface area contributed by atoms with Crippen molar-refractivity contribution in [2.45, 2.75) is 6.54 Å². The number of carboxylic acids is 1. The topological polar surface area (TPSA) is 61.8 Å². The van der Waals surface area contributed by atoms with Crippen molar-refractivity contribution in [1.82, 2.24) is 10.2 Å². The second kappa shape index (κ2) is 6.75. The molecule has 6 heteroatoms. The summed E-state index contributed by atoms with van der Waals surface area (Å²) in [6, 6.07) is 5.27. The van der Waals surface area contributed by atoms with Crippen molar-refractivity contribution >= 4 is 17.6 Å². The van der Waals surface area contributed by atoms with Gasteiger partial charge >= 0.3 is 5.97 Å². The van der Waals surface area contributed by atoms with Crippen molar-refractivity contribution in [2.24, 2.45) is 0 Å². The third kappa shape index (κ3) is 4.38. The Balaban J connectivity index is 2.07. The van der Waals surface area contributed by atoms with Crippen LogP contribution in [0.15, 0.2) is 18.2 Å². The van der Waals surface area contributed by atoms with Crippen LogP contribution < -0.4 is 10.1 Å². The third-order valence-electron chi connectivity index (χ3n) is 2.98. The maximum atomic E-state index is 10.6. The van der Waals surface area contributed by atoms with E-state index in [4.69, 9.17) is 21.4 Å². The Bertz CT molecular complexity index is 448. The molecular weight excluding hydrogens is 268 g/mol. The third-order valence-corrected chi connectivity index (χ3v) is 3.21. The van der Waals surface area contributed by atoms with Crippen molar-refractivity contribution in [3.8, 4) is 5.75 Å². The Labute approximate surface area is 117 Å². The molecule has 2 N–H and O–H groups in total. The van der Waals surface area contributed by atoms with Crippen molar-refractivity contribution in [3.05, 3.63) is 28.8 Å². The van der Waals surface area contributed by atoms with Gasteiger partial charge in [0.25, 0.3) is 0 Å². The molecule has 1 aliphatic rings.